The zero-order chi connectivity index (χ0) is 21.9. The average Bonchev–Trinajstić information content (AvgIpc) is 2.74. The maximum atomic E-state index is 13.4. The highest BCUT2D eigenvalue weighted by Gasteiger charge is 2.41. The number of benzene rings is 2. The monoisotopic (exact) mass is 454 g/mol. The second-order valence-electron chi connectivity index (χ2n) is 7.61. The Labute approximate surface area is 181 Å². The van der Waals surface area contributed by atoms with Gasteiger partial charge in [0.1, 0.15) is 11.6 Å². The summed E-state index contributed by atoms with van der Waals surface area (Å²) in [4.78, 5) is 12.8. The maximum absolute atomic E-state index is 13.4. The average molecular weight is 455 g/mol. The fourth-order valence-electron chi connectivity index (χ4n) is 3.55. The molecule has 6 nitrogen and oxygen atoms in total. The molecule has 1 saturated heterocycles. The minimum atomic E-state index is -3.90. The Morgan fingerprint density at radius 2 is 2.07 bits per heavy atom. The first-order valence-electron chi connectivity index (χ1n) is 9.52. The van der Waals surface area contributed by atoms with Gasteiger partial charge in [0.2, 0.25) is 15.9 Å². The van der Waals surface area contributed by atoms with Crippen molar-refractivity contribution in [3.05, 3.63) is 58.9 Å². The molecule has 2 aromatic rings. The Hall–Kier alpha value is -2.16. The highest BCUT2D eigenvalue weighted by Crippen LogP contribution is 2.33. The van der Waals surface area contributed by atoms with Crippen LogP contribution in [0.4, 0.5) is 4.39 Å². The van der Waals surface area contributed by atoms with Crippen LogP contribution in [0, 0.1) is 11.2 Å². The lowest BCUT2D eigenvalue weighted by Gasteiger charge is -2.38. The molecule has 3 rings (SSSR count). The van der Waals surface area contributed by atoms with Crippen LogP contribution in [0.25, 0.3) is 0 Å². The summed E-state index contributed by atoms with van der Waals surface area (Å²) < 4.78 is 45.9. The van der Waals surface area contributed by atoms with Gasteiger partial charge in [-0.1, -0.05) is 23.7 Å². The van der Waals surface area contributed by atoms with E-state index in [1.54, 1.807) is 14.0 Å². The summed E-state index contributed by atoms with van der Waals surface area (Å²) in [5.41, 5.74) is 0.00104. The van der Waals surface area contributed by atoms with Gasteiger partial charge < -0.3 is 10.1 Å². The SMILES string of the molecule is COc1cccc(CNC(=O)[C@@]2(C)CCCN(S(=O)(=O)c3ccc(F)c(Cl)c3)C2)c1. The van der Waals surface area contributed by atoms with Crippen molar-refractivity contribution in [2.24, 2.45) is 5.41 Å². The number of amides is 1. The number of methoxy groups -OCH3 is 1. The van der Waals surface area contributed by atoms with E-state index >= 15 is 0 Å². The molecule has 0 unspecified atom stereocenters. The molecule has 1 fully saturated rings. The molecule has 0 aliphatic carbocycles. The van der Waals surface area contributed by atoms with Crippen molar-refractivity contribution >= 4 is 27.5 Å². The van der Waals surface area contributed by atoms with Crippen LogP contribution in [0.3, 0.4) is 0 Å². The van der Waals surface area contributed by atoms with Gasteiger partial charge in [0.05, 0.1) is 22.4 Å². The molecule has 0 aromatic heterocycles. The van der Waals surface area contributed by atoms with E-state index in [1.807, 2.05) is 24.3 Å². The lowest BCUT2D eigenvalue weighted by Crippen LogP contribution is -2.51. The van der Waals surface area contributed by atoms with Crippen molar-refractivity contribution in [1.82, 2.24) is 9.62 Å². The Morgan fingerprint density at radius 1 is 1.30 bits per heavy atom. The number of carbonyl (C=O) groups excluding carboxylic acids is 1. The third kappa shape index (κ3) is 4.77. The number of hydrogen-bond donors (Lipinski definition) is 1. The van der Waals surface area contributed by atoms with Gasteiger partial charge in [-0.25, -0.2) is 12.8 Å². The van der Waals surface area contributed by atoms with Gasteiger partial charge in [-0.15, -0.1) is 0 Å². The second kappa shape index (κ2) is 8.91. The molecule has 1 amide bonds. The number of rotatable bonds is 6. The van der Waals surface area contributed by atoms with Gasteiger partial charge in [0, 0.05) is 19.6 Å². The summed E-state index contributed by atoms with van der Waals surface area (Å²) in [6.45, 7) is 2.39. The van der Waals surface area contributed by atoms with Gasteiger partial charge in [0.15, 0.2) is 0 Å². The van der Waals surface area contributed by atoms with Crippen molar-refractivity contribution < 1.29 is 22.3 Å². The largest absolute Gasteiger partial charge is 0.497 e. The van der Waals surface area contributed by atoms with E-state index < -0.39 is 21.3 Å². The molecule has 9 heteroatoms. The summed E-state index contributed by atoms with van der Waals surface area (Å²) in [5.74, 6) is -0.209. The number of ether oxygens (including phenoxy) is 1. The van der Waals surface area contributed by atoms with Gasteiger partial charge in [-0.2, -0.15) is 4.31 Å². The van der Waals surface area contributed by atoms with Crippen LogP contribution in [0.15, 0.2) is 47.4 Å². The molecule has 1 heterocycles. The first kappa shape index (κ1) is 22.5. The third-order valence-electron chi connectivity index (χ3n) is 5.33. The summed E-state index contributed by atoms with van der Waals surface area (Å²) in [7, 11) is -2.32. The number of carbonyl (C=O) groups is 1. The topological polar surface area (TPSA) is 75.7 Å². The van der Waals surface area contributed by atoms with E-state index in [0.29, 0.717) is 25.1 Å². The molecule has 162 valence electrons. The molecule has 0 spiro atoms. The number of piperidine rings is 1. The van der Waals surface area contributed by atoms with Crippen molar-refractivity contribution in [2.75, 3.05) is 20.2 Å². The number of nitrogens with zero attached hydrogens (tertiary/aromatic N) is 1. The molecule has 1 aliphatic heterocycles. The predicted octanol–water partition coefficient (Wildman–Crippen LogP) is 3.59. The molecular weight excluding hydrogens is 431 g/mol. The lowest BCUT2D eigenvalue weighted by molar-refractivity contribution is -0.132. The number of nitrogens with one attached hydrogen (secondary N) is 1. The van der Waals surface area contributed by atoms with Gasteiger partial charge in [-0.05, 0) is 55.7 Å². The quantitative estimate of drug-likeness (QED) is 0.723. The Kier molecular flexibility index (Phi) is 6.69. The summed E-state index contributed by atoms with van der Waals surface area (Å²) in [6.07, 6.45) is 1.10. The molecule has 0 saturated carbocycles. The van der Waals surface area contributed by atoms with Crippen LogP contribution in [0.5, 0.6) is 5.75 Å². The van der Waals surface area contributed by atoms with Crippen molar-refractivity contribution in [3.8, 4) is 5.75 Å². The van der Waals surface area contributed by atoms with Crippen LogP contribution in [0.1, 0.15) is 25.3 Å². The number of sulfonamides is 1. The molecule has 1 atom stereocenters. The van der Waals surface area contributed by atoms with E-state index in [9.17, 15) is 17.6 Å². The van der Waals surface area contributed by atoms with Crippen LogP contribution in [0.2, 0.25) is 5.02 Å². The Bertz CT molecular complexity index is 1050. The first-order valence-corrected chi connectivity index (χ1v) is 11.3. The second-order valence-corrected chi connectivity index (χ2v) is 9.96. The van der Waals surface area contributed by atoms with Crippen molar-refractivity contribution in [2.45, 2.75) is 31.2 Å². The van der Waals surface area contributed by atoms with Crippen molar-refractivity contribution in [1.29, 1.82) is 0 Å². The molecule has 1 aliphatic rings. The first-order chi connectivity index (χ1) is 14.2. The fraction of sp³-hybridized carbons (Fsp3) is 0.381. The molecule has 0 bridgehead atoms. The summed E-state index contributed by atoms with van der Waals surface area (Å²) in [5, 5.41) is 2.64. The Morgan fingerprint density at radius 3 is 2.77 bits per heavy atom. The fourth-order valence-corrected chi connectivity index (χ4v) is 5.42. The maximum Gasteiger partial charge on any atom is 0.243 e. The van der Waals surface area contributed by atoms with E-state index in [-0.39, 0.29) is 28.9 Å². The number of halogens is 2. The minimum Gasteiger partial charge on any atom is -0.497 e. The smallest absolute Gasteiger partial charge is 0.243 e. The van der Waals surface area contributed by atoms with E-state index in [2.05, 4.69) is 5.32 Å². The number of hydrogen-bond acceptors (Lipinski definition) is 4. The van der Waals surface area contributed by atoms with E-state index in [4.69, 9.17) is 16.3 Å². The zero-order valence-corrected chi connectivity index (χ0v) is 18.4. The van der Waals surface area contributed by atoms with E-state index in [1.165, 1.54) is 10.4 Å². The van der Waals surface area contributed by atoms with Gasteiger partial charge >= 0.3 is 0 Å². The predicted molar refractivity (Wildman–Crippen MR) is 112 cm³/mol. The minimum absolute atomic E-state index is 0.0360. The molecule has 30 heavy (non-hydrogen) atoms. The third-order valence-corrected chi connectivity index (χ3v) is 7.46. The molecule has 1 N–H and O–H groups in total. The summed E-state index contributed by atoms with van der Waals surface area (Å²) in [6, 6.07) is 10.7. The van der Waals surface area contributed by atoms with Crippen LogP contribution < -0.4 is 10.1 Å². The standard InChI is InChI=1S/C21H24ClFN2O4S/c1-21(20(26)24-13-15-5-3-6-16(11-15)29-2)9-4-10-25(14-21)30(27,28)17-7-8-19(23)18(22)12-17/h3,5-8,11-12H,4,9-10,13-14H2,1-2H3,(H,24,26)/t21-/m0/s1. The van der Waals surface area contributed by atoms with Crippen molar-refractivity contribution in [3.63, 3.8) is 0 Å². The van der Waals surface area contributed by atoms with Crippen LogP contribution in [-0.4, -0.2) is 38.8 Å². The molecular formula is C21H24ClFN2O4S. The van der Waals surface area contributed by atoms with Gasteiger partial charge in [0.25, 0.3) is 0 Å². The highest BCUT2D eigenvalue weighted by atomic mass is 35.5. The summed E-state index contributed by atoms with van der Waals surface area (Å²) >= 11 is 5.76. The van der Waals surface area contributed by atoms with Crippen LogP contribution in [-0.2, 0) is 21.4 Å². The Balaban J connectivity index is 1.72. The van der Waals surface area contributed by atoms with Crippen LogP contribution >= 0.6 is 11.6 Å². The highest BCUT2D eigenvalue weighted by molar-refractivity contribution is 7.89. The van der Waals surface area contributed by atoms with E-state index in [0.717, 1.165) is 17.7 Å². The zero-order valence-electron chi connectivity index (χ0n) is 16.8. The normalized spacial score (nSPS) is 20.0. The lowest BCUT2D eigenvalue weighted by atomic mass is 9.82. The molecule has 2 aromatic carbocycles. The molecule has 0 radical (unpaired) electrons. The van der Waals surface area contributed by atoms with Gasteiger partial charge in [-0.3, -0.25) is 4.79 Å².